The maximum atomic E-state index is 10.6. The summed E-state index contributed by atoms with van der Waals surface area (Å²) < 4.78 is 5.36. The number of hydrogen-bond acceptors (Lipinski definition) is 3. The molecule has 0 radical (unpaired) electrons. The summed E-state index contributed by atoms with van der Waals surface area (Å²) in [5.41, 5.74) is -0.757. The fraction of sp³-hybridized carbons (Fsp3) is 0.692. The average molecular weight is 223 g/mol. The monoisotopic (exact) mass is 223 g/mol. The standard InChI is InChI=1S/C13H21NO2/c1-11(2)14-8-4-6-13(15,7-9-14)12-5-3-10-16-12/h3,5,10-11,15H,4,6-9H2,1-2H3. The fourth-order valence-corrected chi connectivity index (χ4v) is 2.45. The van der Waals surface area contributed by atoms with Crippen LogP contribution in [0.4, 0.5) is 0 Å². The van der Waals surface area contributed by atoms with Crippen molar-refractivity contribution in [2.45, 2.75) is 44.8 Å². The predicted octanol–water partition coefficient (Wildman–Crippen LogP) is 2.36. The Morgan fingerprint density at radius 2 is 2.19 bits per heavy atom. The van der Waals surface area contributed by atoms with Crippen molar-refractivity contribution in [3.05, 3.63) is 24.2 Å². The molecule has 2 heterocycles. The van der Waals surface area contributed by atoms with Gasteiger partial charge in [-0.15, -0.1) is 0 Å². The van der Waals surface area contributed by atoms with Gasteiger partial charge < -0.3 is 14.4 Å². The first kappa shape index (κ1) is 11.7. The normalized spacial score (nSPS) is 28.2. The molecule has 16 heavy (non-hydrogen) atoms. The van der Waals surface area contributed by atoms with Gasteiger partial charge in [-0.3, -0.25) is 0 Å². The molecule has 0 aromatic carbocycles. The number of aliphatic hydroxyl groups is 1. The third kappa shape index (κ3) is 2.30. The number of hydrogen-bond donors (Lipinski definition) is 1. The van der Waals surface area contributed by atoms with Gasteiger partial charge in [0, 0.05) is 12.6 Å². The molecule has 0 aliphatic carbocycles. The molecule has 2 rings (SSSR count). The van der Waals surface area contributed by atoms with Gasteiger partial charge in [-0.1, -0.05) is 0 Å². The Labute approximate surface area is 97.1 Å². The van der Waals surface area contributed by atoms with E-state index in [1.165, 1.54) is 0 Å². The fourth-order valence-electron chi connectivity index (χ4n) is 2.45. The summed E-state index contributed by atoms with van der Waals surface area (Å²) >= 11 is 0. The van der Waals surface area contributed by atoms with E-state index in [4.69, 9.17) is 4.42 Å². The van der Waals surface area contributed by atoms with Crippen molar-refractivity contribution in [1.82, 2.24) is 4.90 Å². The van der Waals surface area contributed by atoms with Gasteiger partial charge in [0.25, 0.3) is 0 Å². The van der Waals surface area contributed by atoms with Gasteiger partial charge in [0.1, 0.15) is 11.4 Å². The molecule has 0 amide bonds. The Morgan fingerprint density at radius 1 is 1.38 bits per heavy atom. The topological polar surface area (TPSA) is 36.6 Å². The predicted molar refractivity (Wildman–Crippen MR) is 63.2 cm³/mol. The van der Waals surface area contributed by atoms with Gasteiger partial charge in [0.15, 0.2) is 0 Å². The lowest BCUT2D eigenvalue weighted by molar-refractivity contribution is -0.000236. The van der Waals surface area contributed by atoms with E-state index in [0.29, 0.717) is 6.04 Å². The average Bonchev–Trinajstić information content (AvgIpc) is 2.70. The molecule has 1 aromatic rings. The van der Waals surface area contributed by atoms with E-state index in [2.05, 4.69) is 18.7 Å². The molecule has 1 aromatic heterocycles. The van der Waals surface area contributed by atoms with E-state index in [9.17, 15) is 5.11 Å². The largest absolute Gasteiger partial charge is 0.466 e. The first-order valence-electron chi connectivity index (χ1n) is 6.12. The summed E-state index contributed by atoms with van der Waals surface area (Å²) in [7, 11) is 0. The van der Waals surface area contributed by atoms with Crippen LogP contribution in [0.15, 0.2) is 22.8 Å². The quantitative estimate of drug-likeness (QED) is 0.836. The van der Waals surface area contributed by atoms with Crippen molar-refractivity contribution in [3.63, 3.8) is 0 Å². The lowest BCUT2D eigenvalue weighted by Crippen LogP contribution is -2.33. The van der Waals surface area contributed by atoms with E-state index in [1.807, 2.05) is 12.1 Å². The van der Waals surface area contributed by atoms with Crippen LogP contribution < -0.4 is 0 Å². The SMILES string of the molecule is CC(C)N1CCCC(O)(c2ccco2)CC1. The number of likely N-dealkylation sites (tertiary alicyclic amines) is 1. The second-order valence-corrected chi connectivity index (χ2v) is 4.99. The Kier molecular flexibility index (Phi) is 3.36. The van der Waals surface area contributed by atoms with Crippen molar-refractivity contribution in [1.29, 1.82) is 0 Å². The molecule has 1 unspecified atom stereocenters. The highest BCUT2D eigenvalue weighted by Gasteiger charge is 2.34. The van der Waals surface area contributed by atoms with Crippen LogP contribution in [0.5, 0.6) is 0 Å². The van der Waals surface area contributed by atoms with Crippen molar-refractivity contribution >= 4 is 0 Å². The molecule has 0 bridgehead atoms. The first-order chi connectivity index (χ1) is 7.62. The van der Waals surface area contributed by atoms with Crippen LogP contribution in [0.3, 0.4) is 0 Å². The minimum atomic E-state index is -0.757. The zero-order chi connectivity index (χ0) is 11.6. The van der Waals surface area contributed by atoms with E-state index < -0.39 is 5.60 Å². The van der Waals surface area contributed by atoms with Crippen molar-refractivity contribution in [3.8, 4) is 0 Å². The summed E-state index contributed by atoms with van der Waals surface area (Å²) in [6.07, 6.45) is 4.22. The van der Waals surface area contributed by atoms with Gasteiger partial charge in [0.2, 0.25) is 0 Å². The zero-order valence-electron chi connectivity index (χ0n) is 10.1. The highest BCUT2D eigenvalue weighted by Crippen LogP contribution is 2.33. The van der Waals surface area contributed by atoms with E-state index in [-0.39, 0.29) is 0 Å². The minimum Gasteiger partial charge on any atom is -0.466 e. The summed E-state index contributed by atoms with van der Waals surface area (Å²) in [4.78, 5) is 2.42. The van der Waals surface area contributed by atoms with Gasteiger partial charge in [-0.25, -0.2) is 0 Å². The molecule has 3 heteroatoms. The molecular weight excluding hydrogens is 202 g/mol. The van der Waals surface area contributed by atoms with Crippen LogP contribution >= 0.6 is 0 Å². The molecule has 0 spiro atoms. The van der Waals surface area contributed by atoms with Crippen molar-refractivity contribution in [2.75, 3.05) is 13.1 Å². The summed E-state index contributed by atoms with van der Waals surface area (Å²) in [5.74, 6) is 0.720. The summed E-state index contributed by atoms with van der Waals surface area (Å²) in [6, 6.07) is 4.28. The molecular formula is C13H21NO2. The maximum Gasteiger partial charge on any atom is 0.135 e. The van der Waals surface area contributed by atoms with Crippen LogP contribution in [0.2, 0.25) is 0 Å². The maximum absolute atomic E-state index is 10.6. The Hall–Kier alpha value is -0.800. The molecule has 90 valence electrons. The van der Waals surface area contributed by atoms with Crippen LogP contribution in [0, 0.1) is 0 Å². The van der Waals surface area contributed by atoms with Crippen LogP contribution in [0.1, 0.15) is 38.9 Å². The van der Waals surface area contributed by atoms with Crippen molar-refractivity contribution < 1.29 is 9.52 Å². The Balaban J connectivity index is 2.08. The molecule has 3 nitrogen and oxygen atoms in total. The highest BCUT2D eigenvalue weighted by molar-refractivity contribution is 5.10. The second-order valence-electron chi connectivity index (χ2n) is 4.99. The summed E-state index contributed by atoms with van der Waals surface area (Å²) in [5, 5.41) is 10.6. The summed E-state index contributed by atoms with van der Waals surface area (Å²) in [6.45, 7) is 6.42. The number of rotatable bonds is 2. The molecule has 1 fully saturated rings. The van der Waals surface area contributed by atoms with Crippen molar-refractivity contribution in [2.24, 2.45) is 0 Å². The van der Waals surface area contributed by atoms with E-state index in [0.717, 1.165) is 38.1 Å². The van der Waals surface area contributed by atoms with Crippen LogP contribution in [-0.4, -0.2) is 29.1 Å². The molecule has 1 atom stereocenters. The van der Waals surface area contributed by atoms with E-state index in [1.54, 1.807) is 6.26 Å². The smallest absolute Gasteiger partial charge is 0.135 e. The first-order valence-corrected chi connectivity index (χ1v) is 6.12. The third-order valence-electron chi connectivity index (χ3n) is 3.56. The molecule has 1 N–H and O–H groups in total. The van der Waals surface area contributed by atoms with Gasteiger partial charge >= 0.3 is 0 Å². The Morgan fingerprint density at radius 3 is 2.81 bits per heavy atom. The minimum absolute atomic E-state index is 0.555. The molecule has 1 aliphatic rings. The zero-order valence-corrected chi connectivity index (χ0v) is 10.1. The van der Waals surface area contributed by atoms with Crippen LogP contribution in [0.25, 0.3) is 0 Å². The lowest BCUT2D eigenvalue weighted by Gasteiger charge is -2.26. The van der Waals surface area contributed by atoms with Crippen LogP contribution in [-0.2, 0) is 5.60 Å². The number of nitrogens with zero attached hydrogens (tertiary/aromatic N) is 1. The molecule has 1 saturated heterocycles. The lowest BCUT2D eigenvalue weighted by atomic mass is 9.92. The molecule has 1 aliphatic heterocycles. The van der Waals surface area contributed by atoms with Gasteiger partial charge in [0.05, 0.1) is 6.26 Å². The van der Waals surface area contributed by atoms with Gasteiger partial charge in [-0.2, -0.15) is 0 Å². The third-order valence-corrected chi connectivity index (χ3v) is 3.56. The van der Waals surface area contributed by atoms with Gasteiger partial charge in [-0.05, 0) is 51.8 Å². The Bertz CT molecular complexity index is 321. The molecule has 0 saturated carbocycles. The number of furan rings is 1. The highest BCUT2D eigenvalue weighted by atomic mass is 16.4. The van der Waals surface area contributed by atoms with E-state index >= 15 is 0 Å². The second kappa shape index (κ2) is 4.60.